The molecule has 0 saturated carbocycles. The molecule has 1 amide bonds. The van der Waals surface area contributed by atoms with Gasteiger partial charge in [-0.3, -0.25) is 9.36 Å². The number of hydrogen-bond donors (Lipinski definition) is 1. The molecule has 0 fully saturated rings. The number of hydrogen-bond acceptors (Lipinski definition) is 6. The fraction of sp³-hybridized carbons (Fsp3) is 0.375. The minimum atomic E-state index is -0.315. The van der Waals surface area contributed by atoms with Crippen LogP contribution in [0.2, 0.25) is 0 Å². The molecule has 1 atom stereocenters. The van der Waals surface area contributed by atoms with Crippen LogP contribution in [0, 0.1) is 0 Å². The highest BCUT2D eigenvalue weighted by Crippen LogP contribution is 2.28. The standard InChI is InChI=1S/C24H30N4O3S/c1-6-13-28-22(17(2)31-19-11-9-18(10-12-19)24(3,4)5)26-27-23(28)32-16-21(29)25-15-20-8-7-14-30-20/h6-12,14,17H,1,13,15-16H2,2-5H3,(H,25,29). The molecular weight excluding hydrogens is 424 g/mol. The average molecular weight is 455 g/mol. The van der Waals surface area contributed by atoms with Gasteiger partial charge in [-0.15, -0.1) is 16.8 Å². The average Bonchev–Trinajstić information content (AvgIpc) is 3.41. The van der Waals surface area contributed by atoms with Crippen LogP contribution in [-0.4, -0.2) is 26.4 Å². The van der Waals surface area contributed by atoms with E-state index < -0.39 is 0 Å². The van der Waals surface area contributed by atoms with Crippen LogP contribution in [0.4, 0.5) is 0 Å². The second-order valence-corrected chi connectivity index (χ2v) is 9.36. The number of rotatable bonds is 10. The predicted octanol–water partition coefficient (Wildman–Crippen LogP) is 4.90. The largest absolute Gasteiger partial charge is 0.483 e. The number of furan rings is 1. The number of carbonyl (C=O) groups excluding carboxylic acids is 1. The lowest BCUT2D eigenvalue weighted by atomic mass is 9.87. The number of carbonyl (C=O) groups is 1. The van der Waals surface area contributed by atoms with Gasteiger partial charge in [0, 0.05) is 6.54 Å². The van der Waals surface area contributed by atoms with Crippen molar-refractivity contribution in [2.24, 2.45) is 0 Å². The Morgan fingerprint density at radius 3 is 2.66 bits per heavy atom. The van der Waals surface area contributed by atoms with Crippen LogP contribution in [0.1, 0.15) is 50.9 Å². The van der Waals surface area contributed by atoms with Gasteiger partial charge in [0.1, 0.15) is 11.5 Å². The smallest absolute Gasteiger partial charge is 0.230 e. The molecule has 32 heavy (non-hydrogen) atoms. The molecule has 1 unspecified atom stereocenters. The number of thioether (sulfide) groups is 1. The predicted molar refractivity (Wildman–Crippen MR) is 126 cm³/mol. The number of nitrogens with zero attached hydrogens (tertiary/aromatic N) is 3. The highest BCUT2D eigenvalue weighted by molar-refractivity contribution is 7.99. The summed E-state index contributed by atoms with van der Waals surface area (Å²) in [6.45, 7) is 13.2. The second kappa shape index (κ2) is 10.5. The molecule has 0 aliphatic heterocycles. The van der Waals surface area contributed by atoms with Gasteiger partial charge in [-0.05, 0) is 42.2 Å². The first kappa shape index (κ1) is 23.7. The van der Waals surface area contributed by atoms with Gasteiger partial charge in [-0.25, -0.2) is 0 Å². The molecule has 0 aliphatic carbocycles. The van der Waals surface area contributed by atoms with E-state index in [1.165, 1.54) is 17.3 Å². The summed E-state index contributed by atoms with van der Waals surface area (Å²) in [5, 5.41) is 12.1. The van der Waals surface area contributed by atoms with Gasteiger partial charge < -0.3 is 14.5 Å². The lowest BCUT2D eigenvalue weighted by molar-refractivity contribution is -0.118. The molecule has 2 heterocycles. The molecule has 0 aliphatic rings. The maximum atomic E-state index is 12.2. The molecule has 0 saturated heterocycles. The zero-order valence-corrected chi connectivity index (χ0v) is 19.8. The van der Waals surface area contributed by atoms with Crippen LogP contribution in [0.25, 0.3) is 0 Å². The van der Waals surface area contributed by atoms with Crippen LogP contribution in [0.3, 0.4) is 0 Å². The summed E-state index contributed by atoms with van der Waals surface area (Å²) in [6, 6.07) is 11.7. The fourth-order valence-electron chi connectivity index (χ4n) is 3.08. The van der Waals surface area contributed by atoms with E-state index in [9.17, 15) is 4.79 Å². The first-order valence-electron chi connectivity index (χ1n) is 10.5. The third-order valence-electron chi connectivity index (χ3n) is 4.83. The van der Waals surface area contributed by atoms with Gasteiger partial charge in [-0.1, -0.05) is 50.7 Å². The minimum Gasteiger partial charge on any atom is -0.483 e. The number of ether oxygens (including phenoxy) is 1. The molecular formula is C24H30N4O3S. The number of aromatic nitrogens is 3. The van der Waals surface area contributed by atoms with Crippen molar-refractivity contribution in [1.29, 1.82) is 0 Å². The first-order chi connectivity index (χ1) is 15.3. The van der Waals surface area contributed by atoms with E-state index in [1.54, 1.807) is 18.4 Å². The van der Waals surface area contributed by atoms with Gasteiger partial charge in [0.25, 0.3) is 0 Å². The number of nitrogens with one attached hydrogen (secondary N) is 1. The zero-order chi connectivity index (χ0) is 23.1. The highest BCUT2D eigenvalue weighted by atomic mass is 32.2. The van der Waals surface area contributed by atoms with Gasteiger partial charge in [0.2, 0.25) is 5.91 Å². The molecule has 2 aromatic heterocycles. The topological polar surface area (TPSA) is 82.2 Å². The van der Waals surface area contributed by atoms with E-state index in [0.29, 0.717) is 29.8 Å². The zero-order valence-electron chi connectivity index (χ0n) is 19.0. The van der Waals surface area contributed by atoms with Crippen molar-refractivity contribution in [3.63, 3.8) is 0 Å². The van der Waals surface area contributed by atoms with Crippen molar-refractivity contribution in [2.45, 2.75) is 57.5 Å². The summed E-state index contributed by atoms with van der Waals surface area (Å²) in [4.78, 5) is 12.2. The van der Waals surface area contributed by atoms with E-state index in [-0.39, 0.29) is 23.2 Å². The minimum absolute atomic E-state index is 0.0880. The molecule has 0 radical (unpaired) electrons. The van der Waals surface area contributed by atoms with E-state index in [0.717, 1.165) is 5.75 Å². The molecule has 170 valence electrons. The Morgan fingerprint density at radius 1 is 1.28 bits per heavy atom. The number of allylic oxidation sites excluding steroid dienone is 1. The van der Waals surface area contributed by atoms with Crippen LogP contribution in [0.5, 0.6) is 5.75 Å². The van der Waals surface area contributed by atoms with Crippen molar-refractivity contribution in [2.75, 3.05) is 5.75 Å². The number of benzene rings is 1. The molecule has 7 nitrogen and oxygen atoms in total. The van der Waals surface area contributed by atoms with Crippen LogP contribution >= 0.6 is 11.8 Å². The Kier molecular flexibility index (Phi) is 7.80. The van der Waals surface area contributed by atoms with Crippen molar-refractivity contribution in [3.05, 3.63) is 72.5 Å². The first-order valence-corrected chi connectivity index (χ1v) is 11.5. The second-order valence-electron chi connectivity index (χ2n) is 8.42. The summed E-state index contributed by atoms with van der Waals surface area (Å²) in [6.07, 6.45) is 3.04. The van der Waals surface area contributed by atoms with Gasteiger partial charge in [0.05, 0.1) is 18.6 Å². The summed E-state index contributed by atoms with van der Waals surface area (Å²) in [7, 11) is 0. The third-order valence-corrected chi connectivity index (χ3v) is 5.79. The van der Waals surface area contributed by atoms with Crippen molar-refractivity contribution >= 4 is 17.7 Å². The van der Waals surface area contributed by atoms with E-state index in [2.05, 4.69) is 55.0 Å². The number of amides is 1. The highest BCUT2D eigenvalue weighted by Gasteiger charge is 2.20. The van der Waals surface area contributed by atoms with Gasteiger partial charge >= 0.3 is 0 Å². The molecule has 1 N–H and O–H groups in total. The normalized spacial score (nSPS) is 12.4. The van der Waals surface area contributed by atoms with E-state index in [4.69, 9.17) is 9.15 Å². The molecule has 3 aromatic rings. The monoisotopic (exact) mass is 454 g/mol. The molecule has 3 rings (SSSR count). The van der Waals surface area contributed by atoms with Crippen LogP contribution in [-0.2, 0) is 23.3 Å². The summed E-state index contributed by atoms with van der Waals surface area (Å²) in [5.41, 5.74) is 1.33. The summed E-state index contributed by atoms with van der Waals surface area (Å²) in [5.74, 6) is 2.28. The van der Waals surface area contributed by atoms with Crippen molar-refractivity contribution < 1.29 is 13.9 Å². The quantitative estimate of drug-likeness (QED) is 0.346. The molecule has 0 bridgehead atoms. The fourth-order valence-corrected chi connectivity index (χ4v) is 3.86. The van der Waals surface area contributed by atoms with Crippen molar-refractivity contribution in [3.8, 4) is 5.75 Å². The van der Waals surface area contributed by atoms with Crippen molar-refractivity contribution in [1.82, 2.24) is 20.1 Å². The lowest BCUT2D eigenvalue weighted by Crippen LogP contribution is -2.24. The molecule has 8 heteroatoms. The third kappa shape index (κ3) is 6.26. The Hall–Kier alpha value is -3.00. The Labute approximate surface area is 193 Å². The maximum absolute atomic E-state index is 12.2. The molecule has 0 spiro atoms. The van der Waals surface area contributed by atoms with Crippen LogP contribution in [0.15, 0.2) is 64.9 Å². The Morgan fingerprint density at radius 2 is 2.03 bits per heavy atom. The summed E-state index contributed by atoms with van der Waals surface area (Å²) >= 11 is 1.32. The van der Waals surface area contributed by atoms with Crippen LogP contribution < -0.4 is 10.1 Å². The van der Waals surface area contributed by atoms with E-state index >= 15 is 0 Å². The Balaban J connectivity index is 1.62. The van der Waals surface area contributed by atoms with Gasteiger partial charge in [-0.2, -0.15) is 0 Å². The van der Waals surface area contributed by atoms with E-state index in [1.807, 2.05) is 29.7 Å². The Bertz CT molecular complexity index is 1020. The van der Waals surface area contributed by atoms with Gasteiger partial charge in [0.15, 0.2) is 17.1 Å². The maximum Gasteiger partial charge on any atom is 0.230 e. The molecule has 1 aromatic carbocycles. The SMILES string of the molecule is C=CCn1c(SCC(=O)NCc2ccco2)nnc1C(C)Oc1ccc(C(C)(C)C)cc1. The lowest BCUT2D eigenvalue weighted by Gasteiger charge is -2.20. The summed E-state index contributed by atoms with van der Waals surface area (Å²) < 4.78 is 13.3.